The van der Waals surface area contributed by atoms with E-state index in [1.165, 1.54) is 0 Å². The van der Waals surface area contributed by atoms with Gasteiger partial charge in [-0.1, -0.05) is 26.1 Å². The highest BCUT2D eigenvalue weighted by Crippen LogP contribution is 2.23. The van der Waals surface area contributed by atoms with E-state index < -0.39 is 0 Å². The van der Waals surface area contributed by atoms with Crippen LogP contribution in [0.5, 0.6) is 5.75 Å². The van der Waals surface area contributed by atoms with Gasteiger partial charge in [0.25, 0.3) is 0 Å². The van der Waals surface area contributed by atoms with E-state index in [2.05, 4.69) is 0 Å². The maximum atomic E-state index is 9.31. The van der Waals surface area contributed by atoms with Gasteiger partial charge in [-0.3, -0.25) is 0 Å². The van der Waals surface area contributed by atoms with Crippen LogP contribution in [0.3, 0.4) is 0 Å². The molecule has 0 aliphatic heterocycles. The van der Waals surface area contributed by atoms with Crippen molar-refractivity contribution in [3.63, 3.8) is 0 Å². The number of aryl methyl sites for hydroxylation is 1. The van der Waals surface area contributed by atoms with Crippen LogP contribution in [-0.2, 0) is 0 Å². The highest BCUT2D eigenvalue weighted by molar-refractivity contribution is 7.71. The van der Waals surface area contributed by atoms with Crippen LogP contribution in [0.1, 0.15) is 31.3 Å². The van der Waals surface area contributed by atoms with Crippen molar-refractivity contribution in [3.8, 4) is 5.75 Å². The number of rotatable bonds is 1. The molecule has 3 heteroatoms. The molecule has 12 heavy (non-hydrogen) atoms. The van der Waals surface area contributed by atoms with Crippen molar-refractivity contribution < 1.29 is 9.52 Å². The Labute approximate surface area is 76.8 Å². The first-order chi connectivity index (χ1) is 5.52. The van der Waals surface area contributed by atoms with Gasteiger partial charge < -0.3 is 9.52 Å². The van der Waals surface area contributed by atoms with Crippen LogP contribution in [0.2, 0.25) is 0 Å². The van der Waals surface area contributed by atoms with Crippen molar-refractivity contribution in [2.45, 2.75) is 26.7 Å². The number of aromatic hydroxyl groups is 1. The minimum atomic E-state index is 0.0781. The van der Waals surface area contributed by atoms with Gasteiger partial charge in [-0.25, -0.2) is 0 Å². The summed E-state index contributed by atoms with van der Waals surface area (Å²) in [4.78, 5) is 0. The quantitative estimate of drug-likeness (QED) is 0.681. The summed E-state index contributed by atoms with van der Waals surface area (Å²) in [5.41, 5.74) is 0. The molecule has 0 atom stereocenters. The zero-order valence-corrected chi connectivity index (χ0v) is 8.23. The first kappa shape index (κ1) is 9.26. The predicted molar refractivity (Wildman–Crippen MR) is 50.0 cm³/mol. The topological polar surface area (TPSA) is 33.4 Å². The minimum Gasteiger partial charge on any atom is -0.503 e. The van der Waals surface area contributed by atoms with Gasteiger partial charge in [0.05, 0.1) is 4.51 Å². The lowest BCUT2D eigenvalue weighted by Gasteiger charge is -2.06. The molecular formula is C9H12O2S. The van der Waals surface area contributed by atoms with Crippen molar-refractivity contribution in [1.82, 2.24) is 0 Å². The average molecular weight is 184 g/mol. The van der Waals surface area contributed by atoms with Gasteiger partial charge in [0.1, 0.15) is 11.5 Å². The van der Waals surface area contributed by atoms with Crippen molar-refractivity contribution in [2.24, 2.45) is 0 Å². The van der Waals surface area contributed by atoms with Crippen LogP contribution in [0.15, 0.2) is 10.5 Å². The van der Waals surface area contributed by atoms with Gasteiger partial charge in [0.2, 0.25) is 0 Å². The van der Waals surface area contributed by atoms with Crippen molar-refractivity contribution in [2.75, 3.05) is 0 Å². The Morgan fingerprint density at radius 1 is 1.50 bits per heavy atom. The molecule has 0 fully saturated rings. The summed E-state index contributed by atoms with van der Waals surface area (Å²) in [7, 11) is 0. The third-order valence-corrected chi connectivity index (χ3v) is 1.99. The van der Waals surface area contributed by atoms with E-state index in [4.69, 9.17) is 16.6 Å². The zero-order valence-electron chi connectivity index (χ0n) is 7.42. The Balaban J connectivity index is 3.31. The third kappa shape index (κ3) is 1.67. The van der Waals surface area contributed by atoms with Crippen LogP contribution in [-0.4, -0.2) is 5.11 Å². The fraction of sp³-hybridized carbons (Fsp3) is 0.444. The van der Waals surface area contributed by atoms with Crippen LogP contribution < -0.4 is 0 Å². The molecule has 1 rings (SSSR count). The molecule has 0 radical (unpaired) electrons. The van der Waals surface area contributed by atoms with E-state index in [9.17, 15) is 5.11 Å². The first-order valence-electron chi connectivity index (χ1n) is 3.86. The molecule has 0 bridgehead atoms. The molecule has 0 saturated heterocycles. The Morgan fingerprint density at radius 3 is 2.50 bits per heavy atom. The molecule has 1 aromatic rings. The monoisotopic (exact) mass is 184 g/mol. The van der Waals surface area contributed by atoms with Crippen LogP contribution in [0.25, 0.3) is 0 Å². The Hall–Kier alpha value is -0.830. The van der Waals surface area contributed by atoms with E-state index in [1.54, 1.807) is 13.0 Å². The van der Waals surface area contributed by atoms with E-state index in [0.717, 1.165) is 5.76 Å². The lowest BCUT2D eigenvalue weighted by molar-refractivity contribution is 0.388. The zero-order chi connectivity index (χ0) is 9.30. The molecule has 0 aliphatic rings. The van der Waals surface area contributed by atoms with E-state index in [0.29, 0.717) is 16.2 Å². The van der Waals surface area contributed by atoms with Crippen LogP contribution >= 0.6 is 12.2 Å². The Bertz CT molecular complexity index is 339. The summed E-state index contributed by atoms with van der Waals surface area (Å²) in [6, 6.07) is 1.70. The van der Waals surface area contributed by atoms with Gasteiger partial charge in [-0.05, 0) is 13.0 Å². The van der Waals surface area contributed by atoms with E-state index in [-0.39, 0.29) is 5.75 Å². The standard InChI is InChI=1S/C9H12O2S/c1-5(2)7-4-8(12)9(10)6(3)11-7/h4-5,10H,1-3H3. The second-order valence-corrected chi connectivity index (χ2v) is 3.51. The molecule has 0 aliphatic carbocycles. The maximum absolute atomic E-state index is 9.31. The lowest BCUT2D eigenvalue weighted by Crippen LogP contribution is -1.88. The predicted octanol–water partition coefficient (Wildman–Crippen LogP) is 3.15. The van der Waals surface area contributed by atoms with Crippen LogP contribution in [0, 0.1) is 11.4 Å². The molecule has 1 aromatic heterocycles. The highest BCUT2D eigenvalue weighted by Gasteiger charge is 2.06. The summed E-state index contributed by atoms with van der Waals surface area (Å²) in [6.07, 6.45) is 0. The molecule has 1 heterocycles. The molecular weight excluding hydrogens is 172 g/mol. The van der Waals surface area contributed by atoms with Gasteiger partial charge in [0.15, 0.2) is 5.75 Å². The van der Waals surface area contributed by atoms with Crippen LogP contribution in [0.4, 0.5) is 0 Å². The molecule has 0 aromatic carbocycles. The lowest BCUT2D eigenvalue weighted by atomic mass is 10.1. The Morgan fingerprint density at radius 2 is 2.08 bits per heavy atom. The van der Waals surface area contributed by atoms with Gasteiger partial charge in [-0.15, -0.1) is 0 Å². The second-order valence-electron chi connectivity index (χ2n) is 3.07. The minimum absolute atomic E-state index is 0.0781. The van der Waals surface area contributed by atoms with E-state index in [1.807, 2.05) is 13.8 Å². The molecule has 0 amide bonds. The summed E-state index contributed by atoms with van der Waals surface area (Å²) in [6.45, 7) is 5.74. The summed E-state index contributed by atoms with van der Waals surface area (Å²) in [5, 5.41) is 9.31. The average Bonchev–Trinajstić information content (AvgIpc) is 1.99. The van der Waals surface area contributed by atoms with Gasteiger partial charge in [-0.2, -0.15) is 0 Å². The molecule has 0 unspecified atom stereocenters. The highest BCUT2D eigenvalue weighted by atomic mass is 32.1. The number of hydrogen-bond acceptors (Lipinski definition) is 3. The fourth-order valence-electron chi connectivity index (χ4n) is 0.910. The summed E-state index contributed by atoms with van der Waals surface area (Å²) >= 11 is 4.94. The van der Waals surface area contributed by atoms with Crippen molar-refractivity contribution >= 4 is 12.2 Å². The second kappa shape index (κ2) is 3.27. The third-order valence-electron chi connectivity index (χ3n) is 1.68. The largest absolute Gasteiger partial charge is 0.503 e. The SMILES string of the molecule is Cc1oc(C(C)C)cc(=S)c1O. The maximum Gasteiger partial charge on any atom is 0.172 e. The molecule has 66 valence electrons. The smallest absolute Gasteiger partial charge is 0.172 e. The normalized spacial score (nSPS) is 10.7. The number of hydrogen-bond donors (Lipinski definition) is 1. The van der Waals surface area contributed by atoms with Crippen molar-refractivity contribution in [3.05, 3.63) is 22.1 Å². The molecule has 0 spiro atoms. The first-order valence-corrected chi connectivity index (χ1v) is 4.26. The summed E-state index contributed by atoms with van der Waals surface area (Å²) < 4.78 is 5.79. The summed E-state index contributed by atoms with van der Waals surface area (Å²) in [5.74, 6) is 1.68. The van der Waals surface area contributed by atoms with Crippen molar-refractivity contribution in [1.29, 1.82) is 0 Å². The molecule has 0 saturated carbocycles. The molecule has 1 N–H and O–H groups in total. The van der Waals surface area contributed by atoms with Gasteiger partial charge >= 0.3 is 0 Å². The Kier molecular flexibility index (Phi) is 2.52. The van der Waals surface area contributed by atoms with E-state index >= 15 is 0 Å². The fourth-order valence-corrected chi connectivity index (χ4v) is 1.17. The van der Waals surface area contributed by atoms with Gasteiger partial charge in [0, 0.05) is 5.92 Å². The molecule has 2 nitrogen and oxygen atoms in total.